The average Bonchev–Trinajstić information content (AvgIpc) is 2.90. The van der Waals surface area contributed by atoms with E-state index >= 15 is 0 Å². The van der Waals surface area contributed by atoms with Gasteiger partial charge in [-0.2, -0.15) is 0 Å². The first kappa shape index (κ1) is 12.5. The van der Waals surface area contributed by atoms with E-state index in [2.05, 4.69) is 9.97 Å². The number of benzene rings is 2. The molecule has 0 unspecified atom stereocenters. The van der Waals surface area contributed by atoms with E-state index in [1.807, 2.05) is 43.3 Å². The summed E-state index contributed by atoms with van der Waals surface area (Å²) >= 11 is 0. The van der Waals surface area contributed by atoms with E-state index in [1.165, 1.54) is 0 Å². The quantitative estimate of drug-likeness (QED) is 0.790. The summed E-state index contributed by atoms with van der Waals surface area (Å²) in [4.78, 5) is 7.92. The fraction of sp³-hybridized carbons (Fsp3) is 0.188. The molecule has 0 bridgehead atoms. The number of nitrogens with zero attached hydrogens (tertiary/aromatic N) is 1. The minimum Gasteiger partial charge on any atom is -0.496 e. The first-order valence-corrected chi connectivity index (χ1v) is 6.40. The average molecular weight is 268 g/mol. The van der Waals surface area contributed by atoms with Gasteiger partial charge in [0.1, 0.15) is 17.3 Å². The van der Waals surface area contributed by atoms with Gasteiger partial charge in [0.15, 0.2) is 0 Å². The first-order valence-electron chi connectivity index (χ1n) is 6.40. The number of H-pyrrole nitrogens is 1. The second kappa shape index (κ2) is 4.89. The number of imidazole rings is 1. The summed E-state index contributed by atoms with van der Waals surface area (Å²) < 4.78 is 10.8. The Bertz CT molecular complexity index is 729. The summed E-state index contributed by atoms with van der Waals surface area (Å²) in [6, 6.07) is 11.8. The lowest BCUT2D eigenvalue weighted by atomic mass is 10.1. The van der Waals surface area contributed by atoms with Gasteiger partial charge < -0.3 is 14.5 Å². The highest BCUT2D eigenvalue weighted by Crippen LogP contribution is 2.35. The lowest BCUT2D eigenvalue weighted by Gasteiger charge is -2.11. The maximum atomic E-state index is 5.46. The Morgan fingerprint density at radius 2 is 1.75 bits per heavy atom. The van der Waals surface area contributed by atoms with Crippen LogP contribution in [0, 0.1) is 6.92 Å². The number of aryl methyl sites for hydroxylation is 1. The van der Waals surface area contributed by atoms with Gasteiger partial charge in [0.2, 0.25) is 0 Å². The molecule has 0 fully saturated rings. The highest BCUT2D eigenvalue weighted by Gasteiger charge is 2.13. The van der Waals surface area contributed by atoms with E-state index in [-0.39, 0.29) is 0 Å². The Morgan fingerprint density at radius 1 is 1.00 bits per heavy atom. The molecule has 0 spiro atoms. The molecule has 0 saturated heterocycles. The number of aromatic nitrogens is 2. The third-order valence-corrected chi connectivity index (χ3v) is 3.36. The predicted molar refractivity (Wildman–Crippen MR) is 79.4 cm³/mol. The summed E-state index contributed by atoms with van der Waals surface area (Å²) in [5, 5.41) is 0. The monoisotopic (exact) mass is 268 g/mol. The van der Waals surface area contributed by atoms with Gasteiger partial charge in [0.25, 0.3) is 0 Å². The molecule has 0 aliphatic rings. The van der Waals surface area contributed by atoms with Crippen LogP contribution in [0.25, 0.3) is 22.4 Å². The van der Waals surface area contributed by atoms with Crippen molar-refractivity contribution in [2.24, 2.45) is 0 Å². The molecule has 4 nitrogen and oxygen atoms in total. The number of hydrogen-bond acceptors (Lipinski definition) is 3. The van der Waals surface area contributed by atoms with Crippen LogP contribution in [0.3, 0.4) is 0 Å². The molecular weight excluding hydrogens is 252 g/mol. The molecule has 0 amide bonds. The van der Waals surface area contributed by atoms with Crippen LogP contribution in [-0.4, -0.2) is 24.2 Å². The van der Waals surface area contributed by atoms with Crippen molar-refractivity contribution in [1.82, 2.24) is 9.97 Å². The van der Waals surface area contributed by atoms with Crippen molar-refractivity contribution < 1.29 is 9.47 Å². The molecule has 3 rings (SSSR count). The van der Waals surface area contributed by atoms with Gasteiger partial charge in [-0.05, 0) is 36.8 Å². The SMILES string of the molecule is COc1cc(-c2nc3ccccc3[nH]2)c(OC)cc1C. The fourth-order valence-corrected chi connectivity index (χ4v) is 2.32. The van der Waals surface area contributed by atoms with Crippen LogP contribution in [0.2, 0.25) is 0 Å². The van der Waals surface area contributed by atoms with Crippen molar-refractivity contribution in [2.75, 3.05) is 14.2 Å². The lowest BCUT2D eigenvalue weighted by molar-refractivity contribution is 0.401. The standard InChI is InChI=1S/C16H16N2O2/c1-10-8-15(20-3)11(9-14(10)19-2)16-17-12-6-4-5-7-13(12)18-16/h4-9H,1-3H3,(H,17,18). The normalized spacial score (nSPS) is 10.8. The van der Waals surface area contributed by atoms with E-state index in [9.17, 15) is 0 Å². The highest BCUT2D eigenvalue weighted by atomic mass is 16.5. The zero-order chi connectivity index (χ0) is 14.1. The molecule has 20 heavy (non-hydrogen) atoms. The van der Waals surface area contributed by atoms with Crippen LogP contribution in [0.4, 0.5) is 0 Å². The van der Waals surface area contributed by atoms with Crippen LogP contribution in [0.1, 0.15) is 5.56 Å². The van der Waals surface area contributed by atoms with Crippen LogP contribution >= 0.6 is 0 Å². The van der Waals surface area contributed by atoms with Crippen LogP contribution in [-0.2, 0) is 0 Å². The molecule has 2 aromatic carbocycles. The summed E-state index contributed by atoms with van der Waals surface area (Å²) in [5.41, 5.74) is 3.86. The molecule has 1 N–H and O–H groups in total. The molecule has 1 aromatic heterocycles. The van der Waals surface area contributed by atoms with Crippen molar-refractivity contribution in [3.05, 3.63) is 42.0 Å². The van der Waals surface area contributed by atoms with Crippen molar-refractivity contribution >= 4 is 11.0 Å². The Hall–Kier alpha value is -2.49. The third kappa shape index (κ3) is 1.99. The number of hydrogen-bond donors (Lipinski definition) is 1. The second-order valence-electron chi connectivity index (χ2n) is 4.62. The summed E-state index contributed by atoms with van der Waals surface area (Å²) in [5.74, 6) is 2.38. The minimum absolute atomic E-state index is 0.779. The Labute approximate surface area is 117 Å². The number of rotatable bonds is 3. The number of methoxy groups -OCH3 is 2. The van der Waals surface area contributed by atoms with E-state index in [1.54, 1.807) is 14.2 Å². The summed E-state index contributed by atoms with van der Waals surface area (Å²) in [6.07, 6.45) is 0. The van der Waals surface area contributed by atoms with E-state index in [0.717, 1.165) is 39.5 Å². The van der Waals surface area contributed by atoms with E-state index in [4.69, 9.17) is 9.47 Å². The zero-order valence-electron chi connectivity index (χ0n) is 11.7. The first-order chi connectivity index (χ1) is 9.72. The molecule has 1 heterocycles. The molecular formula is C16H16N2O2. The van der Waals surface area contributed by atoms with Crippen molar-refractivity contribution in [1.29, 1.82) is 0 Å². The number of ether oxygens (including phenoxy) is 2. The van der Waals surface area contributed by atoms with Crippen molar-refractivity contribution in [2.45, 2.75) is 6.92 Å². The predicted octanol–water partition coefficient (Wildman–Crippen LogP) is 3.56. The van der Waals surface area contributed by atoms with Gasteiger partial charge in [-0.3, -0.25) is 0 Å². The molecule has 102 valence electrons. The maximum absolute atomic E-state index is 5.46. The smallest absolute Gasteiger partial charge is 0.142 e. The van der Waals surface area contributed by atoms with Crippen LogP contribution in [0.5, 0.6) is 11.5 Å². The number of fused-ring (bicyclic) bond motifs is 1. The van der Waals surface area contributed by atoms with E-state index < -0.39 is 0 Å². The Morgan fingerprint density at radius 3 is 2.45 bits per heavy atom. The van der Waals surface area contributed by atoms with Crippen LogP contribution < -0.4 is 9.47 Å². The van der Waals surface area contributed by atoms with Crippen LogP contribution in [0.15, 0.2) is 36.4 Å². The largest absolute Gasteiger partial charge is 0.496 e. The zero-order valence-corrected chi connectivity index (χ0v) is 11.7. The molecule has 0 aliphatic carbocycles. The number of nitrogens with one attached hydrogen (secondary N) is 1. The molecule has 0 saturated carbocycles. The van der Waals surface area contributed by atoms with Gasteiger partial charge in [0, 0.05) is 0 Å². The van der Waals surface area contributed by atoms with Crippen molar-refractivity contribution in [3.8, 4) is 22.9 Å². The van der Waals surface area contributed by atoms with Gasteiger partial charge in [-0.15, -0.1) is 0 Å². The topological polar surface area (TPSA) is 47.1 Å². The number of para-hydroxylation sites is 2. The van der Waals surface area contributed by atoms with Crippen molar-refractivity contribution in [3.63, 3.8) is 0 Å². The Kier molecular flexibility index (Phi) is 3.06. The third-order valence-electron chi connectivity index (χ3n) is 3.36. The lowest BCUT2D eigenvalue weighted by Crippen LogP contribution is -1.94. The van der Waals surface area contributed by atoms with Gasteiger partial charge in [0.05, 0.1) is 30.8 Å². The maximum Gasteiger partial charge on any atom is 0.142 e. The van der Waals surface area contributed by atoms with Gasteiger partial charge in [-0.25, -0.2) is 4.98 Å². The van der Waals surface area contributed by atoms with Gasteiger partial charge in [-0.1, -0.05) is 12.1 Å². The second-order valence-corrected chi connectivity index (χ2v) is 4.62. The fourth-order valence-electron chi connectivity index (χ4n) is 2.32. The Balaban J connectivity index is 2.21. The molecule has 0 aliphatic heterocycles. The summed E-state index contributed by atoms with van der Waals surface area (Å²) in [6.45, 7) is 1.99. The summed E-state index contributed by atoms with van der Waals surface area (Å²) in [7, 11) is 3.32. The molecule has 3 aromatic rings. The molecule has 0 atom stereocenters. The highest BCUT2D eigenvalue weighted by molar-refractivity contribution is 5.81. The number of aromatic amines is 1. The molecule has 4 heteroatoms. The minimum atomic E-state index is 0.779. The van der Waals surface area contributed by atoms with Gasteiger partial charge >= 0.3 is 0 Å². The van der Waals surface area contributed by atoms with E-state index in [0.29, 0.717) is 0 Å². The molecule has 0 radical (unpaired) electrons.